The number of carbonyl (C=O) groups excluding carboxylic acids is 2. The Morgan fingerprint density at radius 2 is 2.00 bits per heavy atom. The smallest absolute Gasteiger partial charge is 0.336 e. The van der Waals surface area contributed by atoms with Crippen LogP contribution in [0.25, 0.3) is 21.9 Å². The van der Waals surface area contributed by atoms with E-state index in [2.05, 4.69) is 15.6 Å². The predicted octanol–water partition coefficient (Wildman–Crippen LogP) is 2.01. The van der Waals surface area contributed by atoms with Gasteiger partial charge in [0, 0.05) is 34.8 Å². The molecule has 0 unspecified atom stereocenters. The molecule has 0 spiro atoms. The number of amides is 2. The van der Waals surface area contributed by atoms with Crippen LogP contribution < -0.4 is 21.0 Å². The van der Waals surface area contributed by atoms with Gasteiger partial charge >= 0.3 is 5.63 Å². The zero-order valence-electron chi connectivity index (χ0n) is 17.7. The molecule has 9 nitrogen and oxygen atoms in total. The third kappa shape index (κ3) is 4.99. The average Bonchev–Trinajstić information content (AvgIpc) is 2.81. The van der Waals surface area contributed by atoms with Gasteiger partial charge < -0.3 is 24.9 Å². The lowest BCUT2D eigenvalue weighted by Crippen LogP contribution is -2.46. The van der Waals surface area contributed by atoms with E-state index in [0.29, 0.717) is 22.4 Å². The third-order valence-electron chi connectivity index (χ3n) is 5.09. The highest BCUT2D eigenvalue weighted by molar-refractivity contribution is 5.99. The number of nitrogens with one attached hydrogen (secondary N) is 2. The molecule has 0 saturated heterocycles. The molecule has 2 aromatic carbocycles. The second kappa shape index (κ2) is 9.49. The molecule has 0 bridgehead atoms. The molecule has 168 valence electrons. The van der Waals surface area contributed by atoms with Gasteiger partial charge in [-0.1, -0.05) is 6.07 Å². The number of hydrogen-bond acceptors (Lipinski definition) is 7. The minimum atomic E-state index is -1.17. The van der Waals surface area contributed by atoms with Gasteiger partial charge in [0.15, 0.2) is 0 Å². The highest BCUT2D eigenvalue weighted by Gasteiger charge is 2.21. The molecule has 33 heavy (non-hydrogen) atoms. The lowest BCUT2D eigenvalue weighted by Gasteiger charge is -2.17. The lowest BCUT2D eigenvalue weighted by atomic mass is 10.1. The van der Waals surface area contributed by atoms with Crippen molar-refractivity contribution in [2.45, 2.75) is 12.5 Å². The van der Waals surface area contributed by atoms with Crippen LogP contribution in [0.1, 0.15) is 5.56 Å². The molecule has 4 rings (SSSR count). The van der Waals surface area contributed by atoms with Crippen LogP contribution in [0, 0.1) is 0 Å². The average molecular weight is 447 g/mol. The van der Waals surface area contributed by atoms with Gasteiger partial charge in [0.2, 0.25) is 11.8 Å². The van der Waals surface area contributed by atoms with Crippen LogP contribution in [0.4, 0.5) is 5.69 Å². The number of anilines is 1. The monoisotopic (exact) mass is 447 g/mol. The Morgan fingerprint density at radius 1 is 1.15 bits per heavy atom. The molecule has 9 heteroatoms. The minimum absolute atomic E-state index is 0.181. The Labute approximate surface area is 188 Å². The van der Waals surface area contributed by atoms with Gasteiger partial charge in [-0.05, 0) is 42.0 Å². The first-order chi connectivity index (χ1) is 16.0. The van der Waals surface area contributed by atoms with Crippen molar-refractivity contribution < 1.29 is 23.8 Å². The molecule has 0 radical (unpaired) electrons. The molecule has 2 amide bonds. The molecular weight excluding hydrogens is 426 g/mol. The van der Waals surface area contributed by atoms with Gasteiger partial charge in [0.25, 0.3) is 0 Å². The Balaban J connectivity index is 1.47. The molecule has 0 aliphatic rings. The summed E-state index contributed by atoms with van der Waals surface area (Å²) in [5.74, 6) is -0.598. The van der Waals surface area contributed by atoms with Gasteiger partial charge in [-0.15, -0.1) is 0 Å². The Hall–Kier alpha value is -4.24. The van der Waals surface area contributed by atoms with Crippen molar-refractivity contribution in [3.05, 3.63) is 76.8 Å². The number of carbonyl (C=O) groups is 2. The lowest BCUT2D eigenvalue weighted by molar-refractivity contribution is -0.126. The number of nitrogens with zero attached hydrogens (tertiary/aromatic N) is 1. The fourth-order valence-corrected chi connectivity index (χ4v) is 3.48. The van der Waals surface area contributed by atoms with Crippen LogP contribution in [0.2, 0.25) is 0 Å². The zero-order chi connectivity index (χ0) is 23.4. The maximum atomic E-state index is 12.6. The Bertz CT molecular complexity index is 1400. The van der Waals surface area contributed by atoms with Crippen LogP contribution >= 0.6 is 0 Å². The molecule has 0 aliphatic carbocycles. The van der Waals surface area contributed by atoms with E-state index >= 15 is 0 Å². The molecule has 2 aromatic heterocycles. The largest absolute Gasteiger partial charge is 0.497 e. The van der Waals surface area contributed by atoms with E-state index in [4.69, 9.17) is 9.15 Å². The quantitative estimate of drug-likeness (QED) is 0.369. The summed E-state index contributed by atoms with van der Waals surface area (Å²) in [6, 6.07) is 13.8. The standard InChI is InChI=1S/C24H21N3O6/c1-32-17-5-6-18-15(11-23(30)33-21(18)12-17)10-22(29)27-20(13-28)24(31)26-16-4-7-19-14(9-16)3-2-8-25-19/h2-9,11-12,20,28H,10,13H2,1H3,(H,26,31)(H,27,29)/t20-/m0/s1. The van der Waals surface area contributed by atoms with Crippen LogP contribution in [-0.2, 0) is 16.0 Å². The maximum absolute atomic E-state index is 12.6. The fraction of sp³-hybridized carbons (Fsp3) is 0.167. The van der Waals surface area contributed by atoms with E-state index in [1.54, 1.807) is 48.7 Å². The third-order valence-corrected chi connectivity index (χ3v) is 5.09. The second-order valence-electron chi connectivity index (χ2n) is 7.33. The van der Waals surface area contributed by atoms with Crippen molar-refractivity contribution in [2.24, 2.45) is 0 Å². The predicted molar refractivity (Wildman–Crippen MR) is 122 cm³/mol. The van der Waals surface area contributed by atoms with Gasteiger partial charge in [0.1, 0.15) is 17.4 Å². The Kier molecular flexibility index (Phi) is 6.32. The first-order valence-electron chi connectivity index (χ1n) is 10.1. The number of fused-ring (bicyclic) bond motifs is 2. The van der Waals surface area contributed by atoms with Crippen molar-refractivity contribution in [1.29, 1.82) is 0 Å². The molecule has 1 atom stereocenters. The van der Waals surface area contributed by atoms with Gasteiger partial charge in [-0.3, -0.25) is 14.6 Å². The number of methoxy groups -OCH3 is 1. The topological polar surface area (TPSA) is 131 Å². The fourth-order valence-electron chi connectivity index (χ4n) is 3.48. The van der Waals surface area contributed by atoms with Crippen LogP contribution in [0.5, 0.6) is 5.75 Å². The van der Waals surface area contributed by atoms with E-state index in [9.17, 15) is 19.5 Å². The van der Waals surface area contributed by atoms with Crippen molar-refractivity contribution >= 4 is 39.4 Å². The molecule has 3 N–H and O–H groups in total. The van der Waals surface area contributed by atoms with Crippen LogP contribution in [-0.4, -0.2) is 41.7 Å². The van der Waals surface area contributed by atoms with Crippen LogP contribution in [0.15, 0.2) is 70.0 Å². The Morgan fingerprint density at radius 3 is 2.79 bits per heavy atom. The van der Waals surface area contributed by atoms with Crippen molar-refractivity contribution in [2.75, 3.05) is 19.0 Å². The summed E-state index contributed by atoms with van der Waals surface area (Å²) in [7, 11) is 1.49. The first-order valence-corrected chi connectivity index (χ1v) is 10.1. The number of ether oxygens (including phenoxy) is 1. The number of aromatic nitrogens is 1. The normalized spacial score (nSPS) is 11.8. The van der Waals surface area contributed by atoms with Crippen molar-refractivity contribution in [3.8, 4) is 5.75 Å². The highest BCUT2D eigenvalue weighted by atomic mass is 16.5. The van der Waals surface area contributed by atoms with Gasteiger partial charge in [0.05, 0.1) is 25.7 Å². The molecule has 0 aliphatic heterocycles. The van der Waals surface area contributed by atoms with Crippen molar-refractivity contribution in [3.63, 3.8) is 0 Å². The minimum Gasteiger partial charge on any atom is -0.497 e. The molecule has 2 heterocycles. The SMILES string of the molecule is COc1ccc2c(CC(=O)N[C@@H](CO)C(=O)Nc3ccc4ncccc4c3)cc(=O)oc2c1. The summed E-state index contributed by atoms with van der Waals surface area (Å²) >= 11 is 0. The number of aliphatic hydroxyl groups is 1. The highest BCUT2D eigenvalue weighted by Crippen LogP contribution is 2.23. The number of rotatable bonds is 7. The number of hydrogen-bond donors (Lipinski definition) is 3. The van der Waals surface area contributed by atoms with Gasteiger partial charge in [-0.25, -0.2) is 4.79 Å². The number of pyridine rings is 1. The summed E-state index contributed by atoms with van der Waals surface area (Å²) in [5, 5.41) is 16.3. The maximum Gasteiger partial charge on any atom is 0.336 e. The number of benzene rings is 2. The van der Waals surface area contributed by atoms with E-state index in [1.165, 1.54) is 13.2 Å². The molecule has 0 saturated carbocycles. The van der Waals surface area contributed by atoms with E-state index < -0.39 is 30.1 Å². The molecule has 4 aromatic rings. The van der Waals surface area contributed by atoms with Crippen LogP contribution in [0.3, 0.4) is 0 Å². The van der Waals surface area contributed by atoms with Crippen molar-refractivity contribution in [1.82, 2.24) is 10.3 Å². The summed E-state index contributed by atoms with van der Waals surface area (Å²) in [5.41, 5.74) is 1.39. The van der Waals surface area contributed by atoms with Gasteiger partial charge in [-0.2, -0.15) is 0 Å². The second-order valence-corrected chi connectivity index (χ2v) is 7.33. The first kappa shape index (κ1) is 22.0. The van der Waals surface area contributed by atoms with E-state index in [-0.39, 0.29) is 12.0 Å². The van der Waals surface area contributed by atoms with E-state index in [1.807, 2.05) is 6.07 Å². The van der Waals surface area contributed by atoms with E-state index in [0.717, 1.165) is 10.9 Å². The number of aliphatic hydroxyl groups excluding tert-OH is 1. The summed E-state index contributed by atoms with van der Waals surface area (Å²) in [4.78, 5) is 41.4. The molecular formula is C24H21N3O6. The summed E-state index contributed by atoms with van der Waals surface area (Å²) in [6.45, 7) is -0.596. The zero-order valence-corrected chi connectivity index (χ0v) is 17.7. The summed E-state index contributed by atoms with van der Waals surface area (Å²) < 4.78 is 10.3. The summed E-state index contributed by atoms with van der Waals surface area (Å²) in [6.07, 6.45) is 1.49. The molecule has 0 fully saturated rings.